The van der Waals surface area contributed by atoms with Crippen molar-refractivity contribution >= 4 is 11.3 Å². The summed E-state index contributed by atoms with van der Waals surface area (Å²) in [6, 6.07) is 0. The van der Waals surface area contributed by atoms with E-state index in [-0.39, 0.29) is 10.8 Å². The summed E-state index contributed by atoms with van der Waals surface area (Å²) in [5.41, 5.74) is 1.48. The fourth-order valence-electron chi connectivity index (χ4n) is 3.39. The minimum Gasteiger partial charge on any atom is -0.396 e. The van der Waals surface area contributed by atoms with Crippen LogP contribution in [0.1, 0.15) is 50.7 Å². The second-order valence-electron chi connectivity index (χ2n) is 7.38. The molecule has 1 aromatic rings. The number of rotatable bonds is 3. The van der Waals surface area contributed by atoms with Crippen LogP contribution in [0.4, 0.5) is 0 Å². The number of aliphatic hydroxyl groups is 1. The van der Waals surface area contributed by atoms with Crippen LogP contribution in [0.2, 0.25) is 0 Å². The number of fused-ring (bicyclic) bond motifs is 1. The maximum absolute atomic E-state index is 9.76. The maximum Gasteiger partial charge on any atom is 0.0934 e. The van der Waals surface area contributed by atoms with Crippen molar-refractivity contribution in [3.8, 4) is 0 Å². The third-order valence-electron chi connectivity index (χ3n) is 4.64. The van der Waals surface area contributed by atoms with Crippen LogP contribution in [0.25, 0.3) is 0 Å². The molecule has 0 bridgehead atoms. The van der Waals surface area contributed by atoms with Gasteiger partial charge in [0.05, 0.1) is 10.7 Å². The molecule has 2 atom stereocenters. The summed E-state index contributed by atoms with van der Waals surface area (Å²) in [6.07, 6.45) is 4.83. The molecule has 0 amide bonds. The Labute approximate surface area is 113 Å². The van der Waals surface area contributed by atoms with Gasteiger partial charge in [0.15, 0.2) is 0 Å². The zero-order valence-electron chi connectivity index (χ0n) is 11.6. The maximum atomic E-state index is 9.76. The Morgan fingerprint density at radius 1 is 1.39 bits per heavy atom. The number of aliphatic hydroxyl groups excluding tert-OH is 1. The van der Waals surface area contributed by atoms with Crippen LogP contribution in [0.5, 0.6) is 0 Å². The molecule has 100 valence electrons. The van der Waals surface area contributed by atoms with Crippen molar-refractivity contribution in [3.63, 3.8) is 0 Å². The fourth-order valence-corrected chi connectivity index (χ4v) is 4.59. The zero-order valence-corrected chi connectivity index (χ0v) is 12.4. The minimum absolute atomic E-state index is 0.138. The van der Waals surface area contributed by atoms with Crippen molar-refractivity contribution in [2.45, 2.75) is 51.9 Å². The van der Waals surface area contributed by atoms with Crippen LogP contribution in [-0.4, -0.2) is 16.7 Å². The van der Waals surface area contributed by atoms with E-state index in [9.17, 15) is 5.11 Å². The monoisotopic (exact) mass is 265 g/mol. The Morgan fingerprint density at radius 3 is 2.56 bits per heavy atom. The lowest BCUT2D eigenvalue weighted by Crippen LogP contribution is -2.26. The standard InChI is InChI=1S/C15H23NOS/c1-14(2,3)12-8-18-13(16-12)7-15(9-17)5-10-4-11(10)6-15/h8,10-11,17H,4-7,9H2,1-3H3. The normalized spacial score (nSPS) is 34.7. The van der Waals surface area contributed by atoms with E-state index < -0.39 is 0 Å². The molecule has 2 aliphatic carbocycles. The average Bonchev–Trinajstić information content (AvgIpc) is 2.76. The summed E-state index contributed by atoms with van der Waals surface area (Å²) in [5, 5.41) is 13.2. The Bertz CT molecular complexity index is 436. The van der Waals surface area contributed by atoms with Crippen molar-refractivity contribution in [2.24, 2.45) is 17.3 Å². The predicted molar refractivity (Wildman–Crippen MR) is 74.9 cm³/mol. The molecule has 0 aromatic carbocycles. The molecular weight excluding hydrogens is 242 g/mol. The van der Waals surface area contributed by atoms with Gasteiger partial charge in [-0.2, -0.15) is 0 Å². The molecular formula is C15H23NOS. The van der Waals surface area contributed by atoms with E-state index in [1.807, 2.05) is 0 Å². The molecule has 0 spiro atoms. The van der Waals surface area contributed by atoms with Gasteiger partial charge in [-0.3, -0.25) is 0 Å². The van der Waals surface area contributed by atoms with Crippen LogP contribution in [0.3, 0.4) is 0 Å². The highest BCUT2D eigenvalue weighted by Gasteiger charge is 2.53. The summed E-state index contributed by atoms with van der Waals surface area (Å²) in [6.45, 7) is 6.96. The molecule has 0 saturated heterocycles. The number of nitrogens with zero attached hydrogens (tertiary/aromatic N) is 1. The van der Waals surface area contributed by atoms with Crippen LogP contribution >= 0.6 is 11.3 Å². The first-order valence-electron chi connectivity index (χ1n) is 6.98. The van der Waals surface area contributed by atoms with Gasteiger partial charge in [-0.25, -0.2) is 4.98 Å². The Morgan fingerprint density at radius 2 is 2.06 bits per heavy atom. The van der Waals surface area contributed by atoms with Gasteiger partial charge in [0.25, 0.3) is 0 Å². The van der Waals surface area contributed by atoms with Crippen LogP contribution in [0.15, 0.2) is 5.38 Å². The average molecular weight is 265 g/mol. The molecule has 18 heavy (non-hydrogen) atoms. The second kappa shape index (κ2) is 4.04. The molecule has 2 saturated carbocycles. The molecule has 0 radical (unpaired) electrons. The summed E-state index contributed by atoms with van der Waals surface area (Å²) >= 11 is 1.77. The van der Waals surface area contributed by atoms with Gasteiger partial charge in [-0.05, 0) is 31.1 Å². The first kappa shape index (κ1) is 12.6. The van der Waals surface area contributed by atoms with Gasteiger partial charge in [0.1, 0.15) is 0 Å². The molecule has 0 aliphatic heterocycles. The summed E-state index contributed by atoms with van der Waals surface area (Å²) in [7, 11) is 0. The van der Waals surface area contributed by atoms with Crippen LogP contribution in [-0.2, 0) is 11.8 Å². The smallest absolute Gasteiger partial charge is 0.0934 e. The lowest BCUT2D eigenvalue weighted by atomic mass is 9.81. The Balaban J connectivity index is 1.74. The van der Waals surface area contributed by atoms with Crippen LogP contribution in [0, 0.1) is 17.3 Å². The molecule has 1 heterocycles. The highest BCUT2D eigenvalue weighted by Crippen LogP contribution is 2.60. The molecule has 2 aliphatic rings. The van der Waals surface area contributed by atoms with Gasteiger partial charge in [-0.15, -0.1) is 11.3 Å². The Kier molecular flexibility index (Phi) is 2.83. The summed E-state index contributed by atoms with van der Waals surface area (Å²) in [5.74, 6) is 1.83. The van der Waals surface area contributed by atoms with Gasteiger partial charge in [-0.1, -0.05) is 20.8 Å². The number of hydrogen-bond acceptors (Lipinski definition) is 3. The van der Waals surface area contributed by atoms with E-state index in [2.05, 4.69) is 26.2 Å². The molecule has 1 N–H and O–H groups in total. The summed E-state index contributed by atoms with van der Waals surface area (Å²) < 4.78 is 0. The fraction of sp³-hybridized carbons (Fsp3) is 0.800. The lowest BCUT2D eigenvalue weighted by Gasteiger charge is -2.27. The van der Waals surface area contributed by atoms with Gasteiger partial charge in [0.2, 0.25) is 0 Å². The third-order valence-corrected chi connectivity index (χ3v) is 5.49. The predicted octanol–water partition coefficient (Wildman–Crippen LogP) is 3.39. The third kappa shape index (κ3) is 2.23. The Hall–Kier alpha value is -0.410. The zero-order chi connectivity index (χ0) is 13.0. The number of hydrogen-bond donors (Lipinski definition) is 1. The molecule has 2 nitrogen and oxygen atoms in total. The number of aromatic nitrogens is 1. The topological polar surface area (TPSA) is 33.1 Å². The second-order valence-corrected chi connectivity index (χ2v) is 8.32. The van der Waals surface area contributed by atoms with Crippen molar-refractivity contribution < 1.29 is 5.11 Å². The van der Waals surface area contributed by atoms with Crippen molar-refractivity contribution in [2.75, 3.05) is 6.61 Å². The first-order chi connectivity index (χ1) is 8.42. The highest BCUT2D eigenvalue weighted by molar-refractivity contribution is 7.09. The molecule has 2 unspecified atom stereocenters. The van der Waals surface area contributed by atoms with E-state index in [0.29, 0.717) is 6.61 Å². The molecule has 1 aromatic heterocycles. The highest BCUT2D eigenvalue weighted by atomic mass is 32.1. The van der Waals surface area contributed by atoms with Crippen molar-refractivity contribution in [1.82, 2.24) is 4.98 Å². The number of thiazole rings is 1. The SMILES string of the molecule is CC(C)(C)c1csc(CC2(CO)CC3CC3C2)n1. The van der Waals surface area contributed by atoms with E-state index in [4.69, 9.17) is 4.98 Å². The molecule has 2 fully saturated rings. The molecule has 3 rings (SSSR count). The van der Waals surface area contributed by atoms with Crippen molar-refractivity contribution in [1.29, 1.82) is 0 Å². The van der Waals surface area contributed by atoms with Gasteiger partial charge >= 0.3 is 0 Å². The lowest BCUT2D eigenvalue weighted by molar-refractivity contribution is 0.117. The van der Waals surface area contributed by atoms with Crippen molar-refractivity contribution in [3.05, 3.63) is 16.1 Å². The quantitative estimate of drug-likeness (QED) is 0.908. The molecule has 3 heteroatoms. The van der Waals surface area contributed by atoms with E-state index >= 15 is 0 Å². The summed E-state index contributed by atoms with van der Waals surface area (Å²) in [4.78, 5) is 4.79. The largest absolute Gasteiger partial charge is 0.396 e. The van der Waals surface area contributed by atoms with E-state index in [1.165, 1.54) is 30.0 Å². The van der Waals surface area contributed by atoms with Gasteiger partial charge < -0.3 is 5.11 Å². The van der Waals surface area contributed by atoms with Crippen LogP contribution < -0.4 is 0 Å². The van der Waals surface area contributed by atoms with E-state index in [1.54, 1.807) is 11.3 Å². The minimum atomic E-state index is 0.138. The van der Waals surface area contributed by atoms with E-state index in [0.717, 1.165) is 18.3 Å². The van der Waals surface area contributed by atoms with Gasteiger partial charge in [0, 0.05) is 29.2 Å². The first-order valence-corrected chi connectivity index (χ1v) is 7.86.